The predicted octanol–water partition coefficient (Wildman–Crippen LogP) is 1.14. The molecule has 4 heterocycles. The van der Waals surface area contributed by atoms with Crippen LogP contribution in [-0.4, -0.2) is 29.4 Å². The summed E-state index contributed by atoms with van der Waals surface area (Å²) in [6, 6.07) is 5.90. The summed E-state index contributed by atoms with van der Waals surface area (Å²) in [5.41, 5.74) is 0.769. The van der Waals surface area contributed by atoms with E-state index in [-0.39, 0.29) is 5.56 Å². The quantitative estimate of drug-likeness (QED) is 0.567. The number of hydrogen-bond acceptors (Lipinski definition) is 6. The Morgan fingerprint density at radius 2 is 2.19 bits per heavy atom. The van der Waals surface area contributed by atoms with Crippen LogP contribution in [0.15, 0.2) is 40.9 Å². The van der Waals surface area contributed by atoms with Crippen molar-refractivity contribution in [1.29, 1.82) is 0 Å². The second-order valence-electron chi connectivity index (χ2n) is 4.55. The summed E-state index contributed by atoms with van der Waals surface area (Å²) < 4.78 is 3.17. The fourth-order valence-electron chi connectivity index (χ4n) is 2.25. The molecule has 0 radical (unpaired) electrons. The summed E-state index contributed by atoms with van der Waals surface area (Å²) in [7, 11) is 0. The van der Waals surface area contributed by atoms with Crippen LogP contribution in [-0.2, 0) is 13.0 Å². The van der Waals surface area contributed by atoms with Gasteiger partial charge in [0.25, 0.3) is 11.3 Å². The van der Waals surface area contributed by atoms with Crippen molar-refractivity contribution in [3.05, 3.63) is 51.3 Å². The molecule has 0 saturated heterocycles. The van der Waals surface area contributed by atoms with Crippen LogP contribution in [0.25, 0.3) is 16.8 Å². The highest BCUT2D eigenvalue weighted by atomic mass is 32.1. The maximum atomic E-state index is 12.5. The number of rotatable bonds is 3. The minimum atomic E-state index is -0.158. The Bertz CT molecular complexity index is 971. The fourth-order valence-corrected chi connectivity index (χ4v) is 2.95. The van der Waals surface area contributed by atoms with Gasteiger partial charge in [-0.15, -0.1) is 21.5 Å². The molecule has 7 nitrogen and oxygen atoms in total. The van der Waals surface area contributed by atoms with Crippen molar-refractivity contribution in [2.45, 2.75) is 13.0 Å². The molecule has 21 heavy (non-hydrogen) atoms. The molecule has 8 heteroatoms. The summed E-state index contributed by atoms with van der Waals surface area (Å²) in [5.74, 6) is 0.387. The van der Waals surface area contributed by atoms with Crippen molar-refractivity contribution >= 4 is 28.1 Å². The highest BCUT2D eigenvalue weighted by Crippen LogP contribution is 2.11. The third kappa shape index (κ3) is 2.00. The third-order valence-electron chi connectivity index (χ3n) is 3.30. The van der Waals surface area contributed by atoms with E-state index in [1.165, 1.54) is 15.7 Å². The fraction of sp³-hybridized carbons (Fsp3) is 0.154. The molecule has 104 valence electrons. The Hall–Kier alpha value is -2.61. The Labute approximate surface area is 122 Å². The SMILES string of the molecule is O=c1c2nnc3ncnn3c2ccn1CCc1cccs1. The van der Waals surface area contributed by atoms with Gasteiger partial charge in [0.1, 0.15) is 11.8 Å². The zero-order chi connectivity index (χ0) is 14.2. The van der Waals surface area contributed by atoms with Gasteiger partial charge in [-0.05, 0) is 23.9 Å². The lowest BCUT2D eigenvalue weighted by Crippen LogP contribution is -2.22. The molecule has 0 aliphatic carbocycles. The molecular weight excluding hydrogens is 288 g/mol. The van der Waals surface area contributed by atoms with Crippen molar-refractivity contribution < 1.29 is 0 Å². The number of aryl methyl sites for hydroxylation is 2. The Balaban J connectivity index is 1.79. The van der Waals surface area contributed by atoms with Gasteiger partial charge in [0.2, 0.25) is 0 Å². The van der Waals surface area contributed by atoms with E-state index in [1.807, 2.05) is 17.5 Å². The van der Waals surface area contributed by atoms with E-state index in [0.29, 0.717) is 23.4 Å². The van der Waals surface area contributed by atoms with Crippen LogP contribution in [0.3, 0.4) is 0 Å². The molecule has 0 N–H and O–H groups in total. The summed E-state index contributed by atoms with van der Waals surface area (Å²) in [4.78, 5) is 17.7. The molecule has 0 aromatic carbocycles. The first-order valence-corrected chi connectivity index (χ1v) is 7.29. The second-order valence-corrected chi connectivity index (χ2v) is 5.58. The molecule has 0 atom stereocenters. The molecule has 0 unspecified atom stereocenters. The van der Waals surface area contributed by atoms with Crippen molar-refractivity contribution in [3.63, 3.8) is 0 Å². The van der Waals surface area contributed by atoms with Crippen molar-refractivity contribution in [1.82, 2.24) is 29.4 Å². The number of aromatic nitrogens is 6. The standard InChI is InChI=1S/C13H10N6OS/c20-12-11-10(19-13(17-16-11)14-8-15-19)4-6-18(12)5-3-9-2-1-7-21-9/h1-2,4,6-8H,3,5H2. The van der Waals surface area contributed by atoms with E-state index in [0.717, 1.165) is 6.42 Å². The van der Waals surface area contributed by atoms with Gasteiger partial charge in [-0.1, -0.05) is 6.07 Å². The van der Waals surface area contributed by atoms with Crippen LogP contribution in [0.4, 0.5) is 0 Å². The van der Waals surface area contributed by atoms with Crippen molar-refractivity contribution in [2.75, 3.05) is 0 Å². The van der Waals surface area contributed by atoms with Gasteiger partial charge in [0.05, 0.1) is 0 Å². The highest BCUT2D eigenvalue weighted by Gasteiger charge is 2.10. The largest absolute Gasteiger partial charge is 0.313 e. The van der Waals surface area contributed by atoms with Gasteiger partial charge in [0, 0.05) is 17.6 Å². The first-order chi connectivity index (χ1) is 10.3. The molecule has 0 bridgehead atoms. The number of fused-ring (bicyclic) bond motifs is 3. The van der Waals surface area contributed by atoms with Crippen LogP contribution in [0.5, 0.6) is 0 Å². The maximum Gasteiger partial charge on any atom is 0.280 e. The molecule has 4 aromatic heterocycles. The molecule has 4 aromatic rings. The minimum Gasteiger partial charge on any atom is -0.313 e. The molecule has 0 fully saturated rings. The highest BCUT2D eigenvalue weighted by molar-refractivity contribution is 7.09. The number of hydrogen-bond donors (Lipinski definition) is 0. The van der Waals surface area contributed by atoms with Crippen molar-refractivity contribution in [2.24, 2.45) is 0 Å². The normalized spacial score (nSPS) is 11.4. The van der Waals surface area contributed by atoms with Crippen LogP contribution >= 0.6 is 11.3 Å². The first kappa shape index (κ1) is 12.2. The van der Waals surface area contributed by atoms with Gasteiger partial charge in [0.15, 0.2) is 5.52 Å². The number of thiophene rings is 1. The topological polar surface area (TPSA) is 78.0 Å². The Morgan fingerprint density at radius 1 is 1.24 bits per heavy atom. The van der Waals surface area contributed by atoms with Gasteiger partial charge >= 0.3 is 0 Å². The first-order valence-electron chi connectivity index (χ1n) is 6.41. The van der Waals surface area contributed by atoms with E-state index in [9.17, 15) is 4.79 Å². The lowest BCUT2D eigenvalue weighted by Gasteiger charge is -2.06. The van der Waals surface area contributed by atoms with E-state index in [2.05, 4.69) is 26.3 Å². The minimum absolute atomic E-state index is 0.158. The summed E-state index contributed by atoms with van der Waals surface area (Å²) >= 11 is 1.69. The van der Waals surface area contributed by atoms with Crippen molar-refractivity contribution in [3.8, 4) is 0 Å². The monoisotopic (exact) mass is 298 g/mol. The number of nitrogens with zero attached hydrogens (tertiary/aromatic N) is 6. The summed E-state index contributed by atoms with van der Waals surface area (Å²) in [5, 5.41) is 14.0. The molecule has 0 aliphatic heterocycles. The zero-order valence-electron chi connectivity index (χ0n) is 10.9. The van der Waals surface area contributed by atoms with Crippen LogP contribution in [0, 0.1) is 0 Å². The Morgan fingerprint density at radius 3 is 3.05 bits per heavy atom. The second kappa shape index (κ2) is 4.74. The molecule has 0 amide bonds. The summed E-state index contributed by atoms with van der Waals surface area (Å²) in [6.45, 7) is 0.617. The number of pyridine rings is 1. The molecule has 0 spiro atoms. The van der Waals surface area contributed by atoms with Gasteiger partial charge in [-0.25, -0.2) is 0 Å². The van der Waals surface area contributed by atoms with Crippen LogP contribution in [0.1, 0.15) is 4.88 Å². The van der Waals surface area contributed by atoms with E-state index >= 15 is 0 Å². The smallest absolute Gasteiger partial charge is 0.280 e. The third-order valence-corrected chi connectivity index (χ3v) is 4.23. The van der Waals surface area contributed by atoms with E-state index < -0.39 is 0 Å². The van der Waals surface area contributed by atoms with Gasteiger partial charge in [-0.3, -0.25) is 4.79 Å². The average molecular weight is 298 g/mol. The Kier molecular flexibility index (Phi) is 2.74. The maximum absolute atomic E-state index is 12.5. The van der Waals surface area contributed by atoms with Crippen LogP contribution < -0.4 is 5.56 Å². The average Bonchev–Trinajstić information content (AvgIpc) is 3.17. The molecular formula is C13H10N6OS. The zero-order valence-corrected chi connectivity index (χ0v) is 11.7. The van der Waals surface area contributed by atoms with Gasteiger partial charge in [-0.2, -0.15) is 14.6 Å². The van der Waals surface area contributed by atoms with E-state index in [1.54, 1.807) is 22.1 Å². The van der Waals surface area contributed by atoms with E-state index in [4.69, 9.17) is 0 Å². The molecule has 0 saturated carbocycles. The van der Waals surface area contributed by atoms with Crippen LogP contribution in [0.2, 0.25) is 0 Å². The molecule has 4 rings (SSSR count). The van der Waals surface area contributed by atoms with Gasteiger partial charge < -0.3 is 4.57 Å². The molecule has 0 aliphatic rings. The summed E-state index contributed by atoms with van der Waals surface area (Å²) in [6.07, 6.45) is 3.98. The lowest BCUT2D eigenvalue weighted by molar-refractivity contribution is 0.676. The lowest BCUT2D eigenvalue weighted by atomic mass is 10.3. The predicted molar refractivity (Wildman–Crippen MR) is 78.4 cm³/mol.